The van der Waals surface area contributed by atoms with Gasteiger partial charge in [0.2, 0.25) is 0 Å². The second kappa shape index (κ2) is 6.41. The lowest BCUT2D eigenvalue weighted by Crippen LogP contribution is -2.17. The molecule has 1 N–H and O–H groups in total. The summed E-state index contributed by atoms with van der Waals surface area (Å²) in [5.41, 5.74) is 0.534. The van der Waals surface area contributed by atoms with Crippen LogP contribution < -0.4 is 10.1 Å². The predicted molar refractivity (Wildman–Crippen MR) is 81.1 cm³/mol. The van der Waals surface area contributed by atoms with Gasteiger partial charge in [-0.15, -0.1) is 13.2 Å². The topological polar surface area (TPSA) is 34.1 Å². The van der Waals surface area contributed by atoms with Crippen molar-refractivity contribution in [3.05, 3.63) is 44.4 Å². The first-order valence-corrected chi connectivity index (χ1v) is 7.34. The maximum atomic E-state index is 12.2. The number of nitrogens with zero attached hydrogens (tertiary/aromatic N) is 1. The Morgan fingerprint density at radius 1 is 1.14 bits per heavy atom. The van der Waals surface area contributed by atoms with Crippen LogP contribution in [0.1, 0.15) is 0 Å². The van der Waals surface area contributed by atoms with E-state index >= 15 is 0 Å². The summed E-state index contributed by atoms with van der Waals surface area (Å²) < 4.78 is 41.2. The zero-order valence-electron chi connectivity index (χ0n) is 10.0. The van der Waals surface area contributed by atoms with Gasteiger partial charge in [-0.25, -0.2) is 4.98 Å². The number of hydrogen-bond donors (Lipinski definition) is 1. The number of rotatable bonds is 3. The highest BCUT2D eigenvalue weighted by Gasteiger charge is 2.31. The van der Waals surface area contributed by atoms with Crippen molar-refractivity contribution in [2.24, 2.45) is 0 Å². The second-order valence-corrected chi connectivity index (χ2v) is 5.95. The van der Waals surface area contributed by atoms with Crippen molar-refractivity contribution < 1.29 is 17.9 Å². The average molecular weight is 446 g/mol. The van der Waals surface area contributed by atoms with Gasteiger partial charge in [0.05, 0.1) is 14.0 Å². The monoisotopic (exact) mass is 444 g/mol. The first-order chi connectivity index (χ1) is 9.74. The van der Waals surface area contributed by atoms with Gasteiger partial charge < -0.3 is 10.1 Å². The summed E-state index contributed by atoms with van der Waals surface area (Å²) in [4.78, 5) is 4.07. The molecule has 0 saturated carbocycles. The molecule has 0 aliphatic carbocycles. The molecule has 2 rings (SSSR count). The summed E-state index contributed by atoms with van der Waals surface area (Å²) in [6.45, 7) is 0. The minimum absolute atomic E-state index is 0.162. The lowest BCUT2D eigenvalue weighted by molar-refractivity contribution is -0.274. The van der Waals surface area contributed by atoms with Gasteiger partial charge in [0.1, 0.15) is 11.6 Å². The number of hydrogen-bond acceptors (Lipinski definition) is 3. The van der Waals surface area contributed by atoms with E-state index in [1.54, 1.807) is 6.07 Å². The molecular weight excluding hydrogens is 440 g/mol. The van der Waals surface area contributed by atoms with Gasteiger partial charge in [-0.1, -0.05) is 11.6 Å². The first-order valence-electron chi connectivity index (χ1n) is 5.38. The van der Waals surface area contributed by atoms with Crippen molar-refractivity contribution in [1.29, 1.82) is 0 Å². The molecule has 0 atom stereocenters. The maximum absolute atomic E-state index is 12.2. The fourth-order valence-corrected chi connectivity index (χ4v) is 2.63. The van der Waals surface area contributed by atoms with Crippen LogP contribution in [0.3, 0.4) is 0 Å². The molecule has 1 heterocycles. The Morgan fingerprint density at radius 3 is 2.43 bits per heavy atom. The van der Waals surface area contributed by atoms with Gasteiger partial charge in [0.15, 0.2) is 0 Å². The fourth-order valence-electron chi connectivity index (χ4n) is 1.43. The van der Waals surface area contributed by atoms with E-state index in [4.69, 9.17) is 11.6 Å². The van der Waals surface area contributed by atoms with E-state index < -0.39 is 6.36 Å². The van der Waals surface area contributed by atoms with E-state index in [0.29, 0.717) is 21.0 Å². The molecular formula is C12H6Br2ClF3N2O. The van der Waals surface area contributed by atoms with Crippen LogP contribution in [-0.2, 0) is 0 Å². The standard InChI is InChI=1S/C12H6Br2ClF3N2O/c13-8-4-7(1-2-10(8)21-12(16,17)18)20-11-9(14)3-6(15)5-19-11/h1-5H,(H,19,20). The van der Waals surface area contributed by atoms with Crippen LogP contribution >= 0.6 is 43.5 Å². The van der Waals surface area contributed by atoms with Crippen molar-refractivity contribution in [3.63, 3.8) is 0 Å². The highest BCUT2D eigenvalue weighted by molar-refractivity contribution is 9.11. The van der Waals surface area contributed by atoms with Crippen LogP contribution in [0.25, 0.3) is 0 Å². The summed E-state index contributed by atoms with van der Waals surface area (Å²) >= 11 is 12.1. The number of halogens is 6. The van der Waals surface area contributed by atoms with Crippen molar-refractivity contribution in [1.82, 2.24) is 4.98 Å². The molecule has 1 aromatic carbocycles. The van der Waals surface area contributed by atoms with Gasteiger partial charge in [0.25, 0.3) is 0 Å². The summed E-state index contributed by atoms with van der Waals surface area (Å²) in [5, 5.41) is 3.41. The zero-order chi connectivity index (χ0) is 15.6. The van der Waals surface area contributed by atoms with Gasteiger partial charge in [-0.2, -0.15) is 0 Å². The van der Waals surface area contributed by atoms with Crippen LogP contribution in [0.5, 0.6) is 5.75 Å². The average Bonchev–Trinajstić information content (AvgIpc) is 2.35. The normalized spacial score (nSPS) is 11.3. The van der Waals surface area contributed by atoms with E-state index in [-0.39, 0.29) is 10.2 Å². The Kier molecular flexibility index (Phi) is 5.00. The largest absolute Gasteiger partial charge is 0.573 e. The van der Waals surface area contributed by atoms with Crippen LogP contribution in [0.15, 0.2) is 39.4 Å². The van der Waals surface area contributed by atoms with Gasteiger partial charge >= 0.3 is 6.36 Å². The third-order valence-electron chi connectivity index (χ3n) is 2.23. The highest BCUT2D eigenvalue weighted by Crippen LogP contribution is 2.34. The van der Waals surface area contributed by atoms with E-state index in [9.17, 15) is 13.2 Å². The second-order valence-electron chi connectivity index (χ2n) is 3.80. The Balaban J connectivity index is 2.20. The number of benzene rings is 1. The highest BCUT2D eigenvalue weighted by atomic mass is 79.9. The molecule has 0 saturated heterocycles. The van der Waals surface area contributed by atoms with Gasteiger partial charge in [0, 0.05) is 11.9 Å². The summed E-state index contributed by atoms with van der Waals surface area (Å²) in [6.07, 6.45) is -3.29. The molecule has 112 valence electrons. The van der Waals surface area contributed by atoms with Crippen LogP contribution in [0.4, 0.5) is 24.7 Å². The molecule has 0 amide bonds. The molecule has 3 nitrogen and oxygen atoms in total. The molecule has 0 fully saturated rings. The van der Waals surface area contributed by atoms with Crippen LogP contribution in [-0.4, -0.2) is 11.3 Å². The Morgan fingerprint density at radius 2 is 1.86 bits per heavy atom. The minimum atomic E-state index is -4.74. The Labute approximate surface area is 139 Å². The summed E-state index contributed by atoms with van der Waals surface area (Å²) in [5.74, 6) is 0.159. The Hall–Kier alpha value is -0.990. The molecule has 9 heteroatoms. The number of anilines is 2. The van der Waals surface area contributed by atoms with Crippen molar-refractivity contribution in [3.8, 4) is 5.75 Å². The minimum Gasteiger partial charge on any atom is -0.405 e. The predicted octanol–water partition coefficient (Wildman–Crippen LogP) is 5.90. The maximum Gasteiger partial charge on any atom is 0.573 e. The molecule has 21 heavy (non-hydrogen) atoms. The van der Waals surface area contributed by atoms with Crippen molar-refractivity contribution in [2.75, 3.05) is 5.32 Å². The van der Waals surface area contributed by atoms with Crippen molar-refractivity contribution >= 4 is 55.0 Å². The lowest BCUT2D eigenvalue weighted by Gasteiger charge is -2.12. The SMILES string of the molecule is FC(F)(F)Oc1ccc(Nc2ncc(Cl)cc2Br)cc1Br. The van der Waals surface area contributed by atoms with Crippen molar-refractivity contribution in [2.45, 2.75) is 6.36 Å². The lowest BCUT2D eigenvalue weighted by atomic mass is 10.3. The molecule has 0 spiro atoms. The molecule has 0 aliphatic heterocycles. The van der Waals surface area contributed by atoms with E-state index in [0.717, 1.165) is 0 Å². The third-order valence-corrected chi connectivity index (χ3v) is 3.66. The van der Waals surface area contributed by atoms with Crippen LogP contribution in [0.2, 0.25) is 5.02 Å². The smallest absolute Gasteiger partial charge is 0.405 e. The number of pyridine rings is 1. The number of nitrogens with one attached hydrogen (secondary N) is 1. The summed E-state index contributed by atoms with van der Waals surface area (Å²) in [7, 11) is 0. The van der Waals surface area contributed by atoms with E-state index in [1.165, 1.54) is 24.4 Å². The number of aromatic nitrogens is 1. The van der Waals surface area contributed by atoms with E-state index in [1.807, 2.05) is 0 Å². The molecule has 0 bridgehead atoms. The fraction of sp³-hybridized carbons (Fsp3) is 0.0833. The van der Waals surface area contributed by atoms with Crippen LogP contribution in [0, 0.1) is 0 Å². The van der Waals surface area contributed by atoms with E-state index in [2.05, 4.69) is 46.9 Å². The summed E-state index contributed by atoms with van der Waals surface area (Å²) in [6, 6.07) is 5.73. The zero-order valence-corrected chi connectivity index (χ0v) is 13.9. The number of alkyl halides is 3. The first kappa shape index (κ1) is 16.4. The molecule has 0 radical (unpaired) electrons. The molecule has 1 aromatic heterocycles. The van der Waals surface area contributed by atoms with Gasteiger partial charge in [-0.3, -0.25) is 0 Å². The Bertz CT molecular complexity index is 667. The molecule has 2 aromatic rings. The number of ether oxygens (including phenoxy) is 1. The molecule has 0 aliphatic rings. The quantitative estimate of drug-likeness (QED) is 0.637. The molecule has 0 unspecified atom stereocenters. The van der Waals surface area contributed by atoms with Gasteiger partial charge in [-0.05, 0) is 56.1 Å². The third kappa shape index (κ3) is 4.76.